The maximum Gasteiger partial charge on any atom is 0.124 e. The summed E-state index contributed by atoms with van der Waals surface area (Å²) >= 11 is 0. The van der Waals surface area contributed by atoms with E-state index in [9.17, 15) is 10.4 Å². The number of pyridine rings is 2. The first-order chi connectivity index (χ1) is 28.9. The van der Waals surface area contributed by atoms with Crippen molar-refractivity contribution in [1.29, 1.82) is 5.26 Å². The minimum Gasteiger partial charge on any atom is -0.507 e. The molecule has 3 aromatic heterocycles. The minimum atomic E-state index is -0.0549. The zero-order valence-corrected chi connectivity index (χ0v) is 37.3. The third-order valence-corrected chi connectivity index (χ3v) is 11.4. The van der Waals surface area contributed by atoms with E-state index in [1.807, 2.05) is 66.9 Å². The number of hydrogen-bond acceptors (Lipinski definition) is 4. The van der Waals surface area contributed by atoms with E-state index in [0.717, 1.165) is 72.3 Å². The van der Waals surface area contributed by atoms with Gasteiger partial charge in [0.2, 0.25) is 0 Å². The standard InChI is InChI=1S/C55H45N4O.Pt/c1-54(2,3)41-28-39(29-42(33-41)55(4,5)6)40-31-49(58-50(32-40)46-18-10-11-21-52(46)60)38-15-12-14-37(27-38)48-30-36(24-25-57-48)44-19-13-20-45-47-26-35(34-56)22-23-51(47)59(53(44)45)43-16-8-7-9-17-43;/h7-26,28-33,60H,1-6H3;/q-1;. The molecule has 0 fully saturated rings. The van der Waals surface area contributed by atoms with Gasteiger partial charge in [-0.2, -0.15) is 5.26 Å². The first-order valence-electron chi connectivity index (χ1n) is 20.3. The second kappa shape index (κ2) is 16.1. The van der Waals surface area contributed by atoms with Gasteiger partial charge in [-0.1, -0.05) is 132 Å². The molecule has 3 heterocycles. The van der Waals surface area contributed by atoms with E-state index in [-0.39, 0.29) is 37.6 Å². The Morgan fingerprint density at radius 1 is 0.574 bits per heavy atom. The van der Waals surface area contributed by atoms with E-state index in [2.05, 4.69) is 143 Å². The summed E-state index contributed by atoms with van der Waals surface area (Å²) < 4.78 is 2.29. The molecule has 0 radical (unpaired) electrons. The van der Waals surface area contributed by atoms with Gasteiger partial charge in [-0.3, -0.25) is 9.97 Å². The van der Waals surface area contributed by atoms with Crippen LogP contribution in [0.25, 0.3) is 83.5 Å². The van der Waals surface area contributed by atoms with Crippen molar-refractivity contribution >= 4 is 21.8 Å². The van der Waals surface area contributed by atoms with E-state index in [1.165, 1.54) is 11.1 Å². The number of aromatic nitrogens is 3. The molecule has 0 aliphatic carbocycles. The number of nitrogens with zero attached hydrogens (tertiary/aromatic N) is 4. The van der Waals surface area contributed by atoms with E-state index >= 15 is 0 Å². The summed E-state index contributed by atoms with van der Waals surface area (Å²) in [5, 5.41) is 22.9. The van der Waals surface area contributed by atoms with Crippen molar-refractivity contribution in [3.05, 3.63) is 181 Å². The zero-order chi connectivity index (χ0) is 41.8. The molecular formula is C55H45N4OPt-. The molecule has 5 nitrogen and oxygen atoms in total. The van der Waals surface area contributed by atoms with Crippen LogP contribution in [0, 0.1) is 17.4 Å². The molecule has 61 heavy (non-hydrogen) atoms. The molecule has 0 saturated heterocycles. The number of nitriles is 1. The molecule has 6 aromatic carbocycles. The van der Waals surface area contributed by atoms with Crippen LogP contribution in [0.3, 0.4) is 0 Å². The fraction of sp³-hybridized carbons (Fsp3) is 0.145. The maximum atomic E-state index is 11.0. The zero-order valence-electron chi connectivity index (χ0n) is 35.1. The monoisotopic (exact) mass is 972 g/mol. The second-order valence-electron chi connectivity index (χ2n) is 17.6. The Morgan fingerprint density at radius 3 is 1.90 bits per heavy atom. The van der Waals surface area contributed by atoms with Gasteiger partial charge in [-0.05, 0) is 93.2 Å². The number of phenolic OH excluding ortho intramolecular Hbond substituents is 1. The van der Waals surface area contributed by atoms with Crippen molar-refractivity contribution in [2.24, 2.45) is 0 Å². The SMILES string of the molecule is CC(C)(C)c1cc(-c2cc(-c3[c-]c(-c4cc(-c5cccc6c7cc(C#N)ccc7n(-c7ccccc7)c56)ccn4)ccc3)nc(-c3ccccc3O)c2)cc(C(C)(C)C)c1.[Pt]. The molecule has 0 unspecified atom stereocenters. The Hall–Kier alpha value is -6.60. The Bertz CT molecular complexity index is 3110. The minimum absolute atomic E-state index is 0. The number of rotatable bonds is 6. The van der Waals surface area contributed by atoms with Crippen molar-refractivity contribution in [2.45, 2.75) is 52.4 Å². The quantitative estimate of drug-likeness (QED) is 0.169. The van der Waals surface area contributed by atoms with Crippen LogP contribution in [0.4, 0.5) is 0 Å². The van der Waals surface area contributed by atoms with Crippen LogP contribution < -0.4 is 0 Å². The normalized spacial score (nSPS) is 11.7. The average molecular weight is 973 g/mol. The average Bonchev–Trinajstić information content (AvgIpc) is 3.60. The number of fused-ring (bicyclic) bond motifs is 3. The molecular weight excluding hydrogens is 928 g/mol. The topological polar surface area (TPSA) is 74.7 Å². The van der Waals surface area contributed by atoms with Crippen molar-refractivity contribution in [3.8, 4) is 73.5 Å². The fourth-order valence-corrected chi connectivity index (χ4v) is 8.05. The summed E-state index contributed by atoms with van der Waals surface area (Å²) in [5.41, 5.74) is 14.9. The molecule has 1 N–H and O–H groups in total. The maximum absolute atomic E-state index is 11.0. The van der Waals surface area contributed by atoms with E-state index in [1.54, 1.807) is 6.07 Å². The molecule has 0 spiro atoms. The Morgan fingerprint density at radius 2 is 1.20 bits per heavy atom. The van der Waals surface area contributed by atoms with Crippen molar-refractivity contribution in [1.82, 2.24) is 14.5 Å². The Labute approximate surface area is 372 Å². The third-order valence-electron chi connectivity index (χ3n) is 11.4. The van der Waals surface area contributed by atoms with Gasteiger partial charge in [0.05, 0.1) is 28.4 Å². The van der Waals surface area contributed by atoms with Gasteiger partial charge in [0.1, 0.15) is 5.75 Å². The number of aromatic hydroxyl groups is 1. The van der Waals surface area contributed by atoms with Crippen LogP contribution >= 0.6 is 0 Å². The van der Waals surface area contributed by atoms with Gasteiger partial charge in [0, 0.05) is 66.2 Å². The molecule has 0 aliphatic rings. The Balaban J connectivity index is 0.00000514. The predicted octanol–water partition coefficient (Wildman–Crippen LogP) is 13.9. The van der Waals surface area contributed by atoms with Gasteiger partial charge in [-0.15, -0.1) is 24.3 Å². The van der Waals surface area contributed by atoms with Crippen molar-refractivity contribution in [3.63, 3.8) is 0 Å². The molecule has 9 rings (SSSR count). The van der Waals surface area contributed by atoms with Crippen LogP contribution in [0.5, 0.6) is 5.75 Å². The first-order valence-corrected chi connectivity index (χ1v) is 20.3. The molecule has 6 heteroatoms. The summed E-state index contributed by atoms with van der Waals surface area (Å²) in [5.74, 6) is 0.178. The summed E-state index contributed by atoms with van der Waals surface area (Å²) in [6, 6.07) is 57.4. The van der Waals surface area contributed by atoms with E-state index < -0.39 is 0 Å². The summed E-state index contributed by atoms with van der Waals surface area (Å²) in [6.07, 6.45) is 1.86. The summed E-state index contributed by atoms with van der Waals surface area (Å²) in [6.45, 7) is 13.5. The second-order valence-corrected chi connectivity index (χ2v) is 17.6. The van der Waals surface area contributed by atoms with Gasteiger partial charge in [-0.25, -0.2) is 0 Å². The van der Waals surface area contributed by atoms with Gasteiger partial charge in [0.15, 0.2) is 0 Å². The van der Waals surface area contributed by atoms with Gasteiger partial charge in [0.25, 0.3) is 0 Å². The number of hydrogen-bond donors (Lipinski definition) is 1. The molecule has 0 atom stereocenters. The summed E-state index contributed by atoms with van der Waals surface area (Å²) in [4.78, 5) is 10.0. The van der Waals surface area contributed by atoms with Crippen molar-refractivity contribution < 1.29 is 26.2 Å². The molecule has 0 aliphatic heterocycles. The third kappa shape index (κ3) is 7.93. The van der Waals surface area contributed by atoms with Crippen LogP contribution in [-0.4, -0.2) is 19.6 Å². The van der Waals surface area contributed by atoms with Crippen LogP contribution in [0.1, 0.15) is 58.2 Å². The fourth-order valence-electron chi connectivity index (χ4n) is 8.05. The van der Waals surface area contributed by atoms with Crippen LogP contribution in [0.15, 0.2) is 158 Å². The smallest absolute Gasteiger partial charge is 0.124 e. The van der Waals surface area contributed by atoms with Crippen LogP contribution in [0.2, 0.25) is 0 Å². The van der Waals surface area contributed by atoms with Crippen molar-refractivity contribution in [2.75, 3.05) is 0 Å². The molecule has 0 saturated carbocycles. The predicted molar refractivity (Wildman–Crippen MR) is 246 cm³/mol. The van der Waals surface area contributed by atoms with E-state index in [0.29, 0.717) is 16.8 Å². The molecule has 302 valence electrons. The molecule has 0 amide bonds. The molecule has 9 aromatic rings. The number of para-hydroxylation sites is 3. The van der Waals surface area contributed by atoms with Gasteiger partial charge < -0.3 is 9.67 Å². The largest absolute Gasteiger partial charge is 0.507 e. The Kier molecular flexibility index (Phi) is 10.9. The first kappa shape index (κ1) is 41.1. The van der Waals surface area contributed by atoms with Gasteiger partial charge >= 0.3 is 0 Å². The van der Waals surface area contributed by atoms with Crippen LogP contribution in [-0.2, 0) is 31.9 Å². The number of benzene rings is 6. The van der Waals surface area contributed by atoms with E-state index in [4.69, 9.17) is 9.97 Å². The summed E-state index contributed by atoms with van der Waals surface area (Å²) in [7, 11) is 0. The number of phenols is 1. The molecule has 0 bridgehead atoms.